The van der Waals surface area contributed by atoms with Crippen molar-refractivity contribution in [3.63, 3.8) is 0 Å². The number of aromatic nitrogens is 4. The number of methoxy groups -OCH3 is 2. The van der Waals surface area contributed by atoms with Gasteiger partial charge in [0.05, 0.1) is 13.2 Å². The number of ether oxygens (including phenoxy) is 2. The molecule has 6 N–H and O–H groups in total. The minimum atomic E-state index is -4.30. The Kier molecular flexibility index (Phi) is 16.5. The number of carboxylic acids is 1. The fraction of sp³-hybridized carbons (Fsp3) is 0.500. The van der Waals surface area contributed by atoms with E-state index < -0.39 is 54.0 Å². The van der Waals surface area contributed by atoms with Gasteiger partial charge >= 0.3 is 18.0 Å². The molecule has 23 heteroatoms. The summed E-state index contributed by atoms with van der Waals surface area (Å²) in [5.74, 6) is -1.71. The maximum atomic E-state index is 12.8. The predicted molar refractivity (Wildman–Crippen MR) is 248 cm³/mol. The van der Waals surface area contributed by atoms with Gasteiger partial charge in [-0.05, 0) is 129 Å². The van der Waals surface area contributed by atoms with Crippen molar-refractivity contribution in [3.05, 3.63) is 80.2 Å². The van der Waals surface area contributed by atoms with Crippen LogP contribution in [0.3, 0.4) is 0 Å². The van der Waals surface area contributed by atoms with Crippen LogP contribution in [0.25, 0.3) is 0 Å². The van der Waals surface area contributed by atoms with Crippen molar-refractivity contribution in [3.8, 4) is 0 Å². The summed E-state index contributed by atoms with van der Waals surface area (Å²) in [6.45, 7) is 2.43. The molecule has 0 saturated carbocycles. The normalized spacial score (nSPS) is 14.4. The van der Waals surface area contributed by atoms with Gasteiger partial charge in [0, 0.05) is 72.0 Å². The standard InChI is InChI=1S/C22H29N5O5S.C18H20N4O5S.C4H11NO/c1-26(10-11-32-3)21(28)18-13-19(24-27(18)2)33(30,31)25-22(29)23-20-16-8-4-6-14(16)12-15-7-5-9-17(15)20;1-22-14(17(23)24)9-15(20-22)28(26,27)21-18(25)19-16-12-6-2-4-10(12)8-11-5-3-7-13(11)16;1-5-3-4-6-2/h12-13H,4-11H2,1-3H3,(H2,23,25,29);8-9H,2-7H2,1H3,(H,23,24)(H2,19,21,25);5H,3-4H2,1-2H3. The monoisotopic (exact) mass is 968 g/mol. The van der Waals surface area contributed by atoms with E-state index in [4.69, 9.17) is 14.6 Å². The van der Waals surface area contributed by atoms with E-state index in [2.05, 4.69) is 38.3 Å². The van der Waals surface area contributed by atoms with Gasteiger partial charge in [0.1, 0.15) is 11.4 Å². The van der Waals surface area contributed by atoms with E-state index in [-0.39, 0.29) is 11.4 Å². The maximum Gasteiger partial charge on any atom is 0.354 e. The average Bonchev–Trinajstić information content (AvgIpc) is 4.14. The third kappa shape index (κ3) is 11.8. The Morgan fingerprint density at radius 2 is 1.03 bits per heavy atom. The van der Waals surface area contributed by atoms with Crippen molar-refractivity contribution in [2.24, 2.45) is 14.1 Å². The molecule has 5 amide bonds. The SMILES string of the molecule is CNCCOC.COCCN(C)C(=O)c1cc(S(=O)(=O)NC(=O)Nc2c3c(cc4c2CCC4)CCC3)nn1C.Cn1nc(S(=O)(=O)NC(=O)Nc2c3c(cc4c2CCC4)CCC3)cc1C(=O)O. The van der Waals surface area contributed by atoms with Crippen molar-refractivity contribution in [1.29, 1.82) is 0 Å². The summed E-state index contributed by atoms with van der Waals surface area (Å²) in [6.07, 6.45) is 11.4. The van der Waals surface area contributed by atoms with Crippen LogP contribution >= 0.6 is 0 Å². The lowest BCUT2D eigenvalue weighted by atomic mass is 9.99. The number of nitrogens with one attached hydrogen (secondary N) is 5. The van der Waals surface area contributed by atoms with Gasteiger partial charge in [-0.1, -0.05) is 12.1 Å². The number of carboxylic acid groups (broad SMARTS) is 1. The van der Waals surface area contributed by atoms with Crippen LogP contribution in [-0.4, -0.2) is 125 Å². The van der Waals surface area contributed by atoms with Crippen molar-refractivity contribution >= 4 is 55.4 Å². The van der Waals surface area contributed by atoms with Gasteiger partial charge < -0.3 is 35.4 Å². The number of carbonyl (C=O) groups is 4. The molecule has 0 spiro atoms. The second-order valence-electron chi connectivity index (χ2n) is 16.7. The van der Waals surface area contributed by atoms with E-state index >= 15 is 0 Å². The number of rotatable bonds is 14. The molecule has 0 fully saturated rings. The molecule has 0 aliphatic heterocycles. The molecule has 0 radical (unpaired) electrons. The van der Waals surface area contributed by atoms with E-state index in [0.717, 1.165) is 135 Å². The molecule has 0 bridgehead atoms. The zero-order chi connectivity index (χ0) is 48.6. The first kappa shape index (κ1) is 50.5. The third-order valence-corrected chi connectivity index (χ3v) is 14.5. The van der Waals surface area contributed by atoms with E-state index in [1.165, 1.54) is 59.1 Å². The van der Waals surface area contributed by atoms with Crippen molar-refractivity contribution < 1.29 is 50.6 Å². The van der Waals surface area contributed by atoms with Crippen LogP contribution in [0.1, 0.15) is 91.2 Å². The largest absolute Gasteiger partial charge is 0.477 e. The molecule has 4 aliphatic carbocycles. The first-order chi connectivity index (χ1) is 31.9. The number of carbonyl (C=O) groups excluding carboxylic acids is 3. The number of hydrogen-bond donors (Lipinski definition) is 6. The Morgan fingerprint density at radius 3 is 1.37 bits per heavy atom. The summed E-state index contributed by atoms with van der Waals surface area (Å²) in [7, 11) is 0.934. The molecule has 364 valence electrons. The van der Waals surface area contributed by atoms with E-state index in [9.17, 15) is 36.0 Å². The lowest BCUT2D eigenvalue weighted by Gasteiger charge is -2.16. The second-order valence-corrected chi connectivity index (χ2v) is 19.9. The molecule has 4 aliphatic rings. The number of aryl methyl sites for hydroxylation is 6. The maximum absolute atomic E-state index is 12.8. The molecule has 67 heavy (non-hydrogen) atoms. The molecule has 8 rings (SSSR count). The van der Waals surface area contributed by atoms with Gasteiger partial charge in [-0.3, -0.25) is 14.2 Å². The number of benzene rings is 2. The van der Waals surface area contributed by atoms with Crippen LogP contribution in [0, 0.1) is 0 Å². The first-order valence-corrected chi connectivity index (χ1v) is 25.1. The summed E-state index contributed by atoms with van der Waals surface area (Å²) < 4.78 is 66.4. The topological polar surface area (TPSA) is 274 Å². The minimum Gasteiger partial charge on any atom is -0.477 e. The number of likely N-dealkylation sites (N-methyl/N-ethyl adjacent to an activating group) is 2. The van der Waals surface area contributed by atoms with Crippen LogP contribution in [0.2, 0.25) is 0 Å². The summed E-state index contributed by atoms with van der Waals surface area (Å²) in [5.41, 5.74) is 10.6. The lowest BCUT2D eigenvalue weighted by Crippen LogP contribution is -2.35. The van der Waals surface area contributed by atoms with Crippen LogP contribution in [0.4, 0.5) is 21.0 Å². The highest BCUT2D eigenvalue weighted by Crippen LogP contribution is 2.40. The van der Waals surface area contributed by atoms with E-state index in [1.54, 1.807) is 14.2 Å². The Bertz CT molecular complexity index is 2680. The first-order valence-electron chi connectivity index (χ1n) is 22.1. The number of anilines is 2. The molecule has 2 aromatic carbocycles. The summed E-state index contributed by atoms with van der Waals surface area (Å²) in [5, 5.41) is 24.2. The molecule has 0 atom stereocenters. The molecule has 21 nitrogen and oxygen atoms in total. The molecule has 0 unspecified atom stereocenters. The van der Waals surface area contributed by atoms with E-state index in [0.29, 0.717) is 13.2 Å². The number of aromatic carboxylic acids is 1. The number of nitrogens with zero attached hydrogens (tertiary/aromatic N) is 5. The fourth-order valence-electron chi connectivity index (χ4n) is 8.84. The summed E-state index contributed by atoms with van der Waals surface area (Å²) >= 11 is 0. The highest BCUT2D eigenvalue weighted by atomic mass is 32.2. The van der Waals surface area contributed by atoms with Crippen LogP contribution < -0.4 is 25.4 Å². The fourth-order valence-corrected chi connectivity index (χ4v) is 10.6. The summed E-state index contributed by atoms with van der Waals surface area (Å²) in [4.78, 5) is 50.3. The quantitative estimate of drug-likeness (QED) is 0.0992. The highest BCUT2D eigenvalue weighted by molar-refractivity contribution is 7.90. The molecular formula is C44H60N10O11S2. The van der Waals surface area contributed by atoms with Crippen molar-refractivity contribution in [2.45, 2.75) is 87.1 Å². The van der Waals surface area contributed by atoms with Gasteiger partial charge in [-0.15, -0.1) is 0 Å². The number of amides is 5. The summed E-state index contributed by atoms with van der Waals surface area (Å²) in [6, 6.07) is 4.82. The average molecular weight is 969 g/mol. The van der Waals surface area contributed by atoms with Crippen LogP contribution in [-0.2, 0) is 95.0 Å². The zero-order valence-electron chi connectivity index (χ0n) is 38.7. The molecule has 0 saturated heterocycles. The van der Waals surface area contributed by atoms with Crippen LogP contribution in [0.15, 0.2) is 34.3 Å². The second kappa shape index (κ2) is 21.8. The molecular weight excluding hydrogens is 909 g/mol. The van der Waals surface area contributed by atoms with E-state index in [1.807, 2.05) is 16.5 Å². The highest BCUT2D eigenvalue weighted by Gasteiger charge is 2.31. The van der Waals surface area contributed by atoms with Gasteiger partial charge in [0.15, 0.2) is 10.1 Å². The van der Waals surface area contributed by atoms with Crippen molar-refractivity contribution in [2.75, 3.05) is 65.3 Å². The third-order valence-electron chi connectivity index (χ3n) is 12.1. The Morgan fingerprint density at radius 1 is 0.642 bits per heavy atom. The van der Waals surface area contributed by atoms with Gasteiger partial charge in [0.25, 0.3) is 26.0 Å². The van der Waals surface area contributed by atoms with Crippen LogP contribution in [0.5, 0.6) is 0 Å². The Labute approximate surface area is 390 Å². The number of fused-ring (bicyclic) bond motifs is 4. The van der Waals surface area contributed by atoms with Gasteiger partial charge in [-0.2, -0.15) is 27.0 Å². The molecule has 4 aromatic rings. The number of sulfonamides is 2. The van der Waals surface area contributed by atoms with Gasteiger partial charge in [0.2, 0.25) is 0 Å². The molecule has 2 heterocycles. The molecule has 2 aromatic heterocycles. The smallest absolute Gasteiger partial charge is 0.354 e. The predicted octanol–water partition coefficient (Wildman–Crippen LogP) is 3.08. The number of hydrogen-bond acceptors (Lipinski definition) is 13. The van der Waals surface area contributed by atoms with Crippen molar-refractivity contribution in [1.82, 2.24) is 39.2 Å². The minimum absolute atomic E-state index is 0.0908. The Balaban J connectivity index is 0.000000199. The Hall–Kier alpha value is -5.88. The lowest BCUT2D eigenvalue weighted by molar-refractivity contribution is 0.0683. The van der Waals surface area contributed by atoms with Gasteiger partial charge in [-0.25, -0.2) is 23.8 Å². The zero-order valence-corrected chi connectivity index (χ0v) is 40.3. The number of urea groups is 2.